The van der Waals surface area contributed by atoms with Crippen molar-refractivity contribution in [2.24, 2.45) is 0 Å². The average molecular weight is 340 g/mol. The zero-order chi connectivity index (χ0) is 14.9. The van der Waals surface area contributed by atoms with Crippen molar-refractivity contribution in [3.63, 3.8) is 0 Å². The van der Waals surface area contributed by atoms with E-state index in [1.807, 2.05) is 0 Å². The van der Waals surface area contributed by atoms with Crippen molar-refractivity contribution in [3.8, 4) is 11.1 Å². The first kappa shape index (κ1) is 15.5. The largest absolute Gasteiger partial charge is 0.416 e. The third kappa shape index (κ3) is 3.05. The predicted molar refractivity (Wildman–Crippen MR) is 76.5 cm³/mol. The molecule has 0 nitrogen and oxygen atoms in total. The molecule has 2 rings (SSSR count). The molecular formula is C14H8Cl3F3. The Hall–Kier alpha value is -0.900. The Labute approximate surface area is 129 Å². The normalized spacial score (nSPS) is 11.7. The molecule has 2 aromatic rings. The van der Waals surface area contributed by atoms with Gasteiger partial charge in [0.05, 0.1) is 5.56 Å². The van der Waals surface area contributed by atoms with Crippen molar-refractivity contribution in [1.29, 1.82) is 0 Å². The van der Waals surface area contributed by atoms with Gasteiger partial charge in [0.1, 0.15) is 0 Å². The van der Waals surface area contributed by atoms with Gasteiger partial charge in [-0.15, -0.1) is 11.6 Å². The van der Waals surface area contributed by atoms with Crippen LogP contribution < -0.4 is 0 Å². The fourth-order valence-electron chi connectivity index (χ4n) is 1.91. The summed E-state index contributed by atoms with van der Waals surface area (Å²) in [5.74, 6) is -0.245. The molecule has 6 heteroatoms. The summed E-state index contributed by atoms with van der Waals surface area (Å²) in [6.07, 6.45) is -4.44. The van der Waals surface area contributed by atoms with Gasteiger partial charge in [-0.1, -0.05) is 35.3 Å². The van der Waals surface area contributed by atoms with Gasteiger partial charge in [-0.05, 0) is 35.4 Å². The van der Waals surface area contributed by atoms with Gasteiger partial charge in [-0.3, -0.25) is 0 Å². The van der Waals surface area contributed by atoms with Gasteiger partial charge in [0.25, 0.3) is 0 Å². The van der Waals surface area contributed by atoms with Crippen LogP contribution in [0.2, 0.25) is 10.0 Å². The number of benzene rings is 2. The van der Waals surface area contributed by atoms with E-state index < -0.39 is 11.7 Å². The molecule has 20 heavy (non-hydrogen) atoms. The van der Waals surface area contributed by atoms with Gasteiger partial charge in [-0.25, -0.2) is 0 Å². The van der Waals surface area contributed by atoms with Crippen molar-refractivity contribution in [1.82, 2.24) is 0 Å². The summed E-state index contributed by atoms with van der Waals surface area (Å²) in [5, 5.41) is 0.746. The molecule has 0 bridgehead atoms. The highest BCUT2D eigenvalue weighted by Gasteiger charge is 2.33. The molecule has 0 atom stereocenters. The lowest BCUT2D eigenvalue weighted by molar-refractivity contribution is -0.138. The average Bonchev–Trinajstić information content (AvgIpc) is 2.37. The molecule has 0 unspecified atom stereocenters. The van der Waals surface area contributed by atoms with Crippen molar-refractivity contribution in [3.05, 3.63) is 57.6 Å². The maximum absolute atomic E-state index is 12.8. The van der Waals surface area contributed by atoms with E-state index >= 15 is 0 Å². The minimum absolute atomic E-state index is 0.00680. The van der Waals surface area contributed by atoms with Gasteiger partial charge >= 0.3 is 6.18 Å². The smallest absolute Gasteiger partial charge is 0.166 e. The predicted octanol–water partition coefficient (Wildman–Crippen LogP) is 6.42. The molecule has 0 aliphatic carbocycles. The van der Waals surface area contributed by atoms with E-state index in [1.54, 1.807) is 18.2 Å². The van der Waals surface area contributed by atoms with Gasteiger partial charge < -0.3 is 0 Å². The quantitative estimate of drug-likeness (QED) is 0.554. The van der Waals surface area contributed by atoms with E-state index in [9.17, 15) is 13.2 Å². The second kappa shape index (κ2) is 5.84. The second-order valence-corrected chi connectivity index (χ2v) is 5.18. The Bertz CT molecular complexity index is 616. The summed E-state index contributed by atoms with van der Waals surface area (Å²) < 4.78 is 38.5. The summed E-state index contributed by atoms with van der Waals surface area (Å²) in [6, 6.07) is 8.61. The number of halogens is 6. The monoisotopic (exact) mass is 338 g/mol. The molecule has 0 aliphatic heterocycles. The SMILES string of the molecule is FC(F)(F)c1ccc(-c2c(Cl)cccc2Cl)cc1CCl. The van der Waals surface area contributed by atoms with Crippen LogP contribution >= 0.6 is 34.8 Å². The summed E-state index contributed by atoms with van der Waals surface area (Å²) in [6.45, 7) is 0. The van der Waals surface area contributed by atoms with Crippen LogP contribution in [0, 0.1) is 0 Å². The van der Waals surface area contributed by atoms with Crippen LogP contribution in [-0.4, -0.2) is 0 Å². The fourth-order valence-corrected chi connectivity index (χ4v) is 2.75. The van der Waals surface area contributed by atoms with Crippen LogP contribution in [0.1, 0.15) is 11.1 Å². The third-order valence-electron chi connectivity index (χ3n) is 2.81. The van der Waals surface area contributed by atoms with E-state index in [2.05, 4.69) is 0 Å². The highest BCUT2D eigenvalue weighted by molar-refractivity contribution is 6.39. The zero-order valence-corrected chi connectivity index (χ0v) is 12.2. The maximum Gasteiger partial charge on any atom is 0.416 e. The summed E-state index contributed by atoms with van der Waals surface area (Å²) in [4.78, 5) is 0. The van der Waals surface area contributed by atoms with Crippen LogP contribution in [0.4, 0.5) is 13.2 Å². The number of hydrogen-bond donors (Lipinski definition) is 0. The molecule has 0 spiro atoms. The maximum atomic E-state index is 12.8. The molecular weight excluding hydrogens is 332 g/mol. The highest BCUT2D eigenvalue weighted by Crippen LogP contribution is 2.39. The highest BCUT2D eigenvalue weighted by atomic mass is 35.5. The molecule has 0 saturated heterocycles. The topological polar surface area (TPSA) is 0 Å². The summed E-state index contributed by atoms with van der Waals surface area (Å²) in [5.41, 5.74) is 0.243. The molecule has 2 aromatic carbocycles. The van der Waals surface area contributed by atoms with E-state index in [-0.39, 0.29) is 11.4 Å². The van der Waals surface area contributed by atoms with Crippen LogP contribution in [0.3, 0.4) is 0 Å². The number of rotatable bonds is 2. The van der Waals surface area contributed by atoms with Crippen molar-refractivity contribution in [2.45, 2.75) is 12.1 Å². The molecule has 0 aliphatic rings. The minimum atomic E-state index is -4.44. The summed E-state index contributed by atoms with van der Waals surface area (Å²) >= 11 is 17.7. The standard InChI is InChI=1S/C14H8Cl3F3/c15-7-9-6-8(4-5-10(9)14(18,19)20)13-11(16)2-1-3-12(13)17/h1-6H,7H2. The molecule has 0 heterocycles. The second-order valence-electron chi connectivity index (χ2n) is 4.10. The van der Waals surface area contributed by atoms with E-state index in [4.69, 9.17) is 34.8 Å². The van der Waals surface area contributed by atoms with Gasteiger partial charge in [-0.2, -0.15) is 13.2 Å². The Morgan fingerprint density at radius 2 is 1.55 bits per heavy atom. The third-order valence-corrected chi connectivity index (χ3v) is 3.72. The van der Waals surface area contributed by atoms with Gasteiger partial charge in [0, 0.05) is 21.5 Å². The molecule has 0 N–H and O–H groups in total. The van der Waals surface area contributed by atoms with Crippen molar-refractivity contribution >= 4 is 34.8 Å². The number of alkyl halides is 4. The Balaban J connectivity index is 2.61. The Morgan fingerprint density at radius 1 is 0.950 bits per heavy atom. The minimum Gasteiger partial charge on any atom is -0.166 e. The Morgan fingerprint density at radius 3 is 2.05 bits per heavy atom. The van der Waals surface area contributed by atoms with Crippen LogP contribution in [0.15, 0.2) is 36.4 Å². The van der Waals surface area contributed by atoms with Crippen molar-refractivity contribution in [2.75, 3.05) is 0 Å². The first-order chi connectivity index (χ1) is 9.34. The van der Waals surface area contributed by atoms with E-state index in [1.165, 1.54) is 12.1 Å². The Kier molecular flexibility index (Phi) is 4.52. The van der Waals surface area contributed by atoms with Crippen LogP contribution in [0.25, 0.3) is 11.1 Å². The molecule has 0 radical (unpaired) electrons. The first-order valence-electron chi connectivity index (χ1n) is 5.55. The summed E-state index contributed by atoms with van der Waals surface area (Å²) in [7, 11) is 0. The lowest BCUT2D eigenvalue weighted by Crippen LogP contribution is -2.08. The molecule has 0 aromatic heterocycles. The molecule has 0 fully saturated rings. The van der Waals surface area contributed by atoms with Crippen molar-refractivity contribution < 1.29 is 13.2 Å². The first-order valence-corrected chi connectivity index (χ1v) is 6.84. The molecule has 0 amide bonds. The molecule has 0 saturated carbocycles. The van der Waals surface area contributed by atoms with E-state index in [0.29, 0.717) is 21.2 Å². The number of hydrogen-bond acceptors (Lipinski definition) is 0. The van der Waals surface area contributed by atoms with Crippen LogP contribution in [0.5, 0.6) is 0 Å². The molecule has 106 valence electrons. The van der Waals surface area contributed by atoms with Crippen LogP contribution in [-0.2, 0) is 12.1 Å². The zero-order valence-electron chi connectivity index (χ0n) is 9.94. The lowest BCUT2D eigenvalue weighted by Gasteiger charge is -2.14. The lowest BCUT2D eigenvalue weighted by atomic mass is 9.99. The van der Waals surface area contributed by atoms with Gasteiger partial charge in [0.15, 0.2) is 0 Å². The van der Waals surface area contributed by atoms with Gasteiger partial charge in [0.2, 0.25) is 0 Å². The fraction of sp³-hybridized carbons (Fsp3) is 0.143. The van der Waals surface area contributed by atoms with E-state index in [0.717, 1.165) is 6.07 Å².